The van der Waals surface area contributed by atoms with Crippen LogP contribution in [0.2, 0.25) is 0 Å². The van der Waals surface area contributed by atoms with E-state index in [0.29, 0.717) is 16.5 Å². The zero-order valence-corrected chi connectivity index (χ0v) is 11.0. The van der Waals surface area contributed by atoms with Crippen LogP contribution in [0.4, 0.5) is 13.2 Å². The Morgan fingerprint density at radius 1 is 1.12 bits per heavy atom. The lowest BCUT2D eigenvalue weighted by molar-refractivity contribution is -0.138. The number of hydrogen-bond donors (Lipinski definition) is 0. The number of rotatable bonds is 2. The van der Waals surface area contributed by atoms with E-state index in [9.17, 15) is 13.2 Å². The van der Waals surface area contributed by atoms with E-state index in [1.165, 1.54) is 0 Å². The van der Waals surface area contributed by atoms with Crippen molar-refractivity contribution in [2.45, 2.75) is 38.8 Å². The Labute approximate surface area is 102 Å². The molecule has 4 heteroatoms. The van der Waals surface area contributed by atoms with Crippen LogP contribution in [-0.2, 0) is 11.6 Å². The van der Waals surface area contributed by atoms with Crippen molar-refractivity contribution < 1.29 is 13.2 Å². The quantitative estimate of drug-likeness (QED) is 0.707. The molecule has 1 aromatic rings. The molecule has 0 aliphatic carbocycles. The molecular weight excluding hydrogens is 281 g/mol. The highest BCUT2D eigenvalue weighted by Crippen LogP contribution is 2.40. The smallest absolute Gasteiger partial charge is 0.166 e. The van der Waals surface area contributed by atoms with Crippen LogP contribution in [0, 0.1) is 0 Å². The summed E-state index contributed by atoms with van der Waals surface area (Å²) in [5, 5.41) is 0. The molecule has 1 rings (SSSR count). The molecule has 0 amide bonds. The second-order valence-electron chi connectivity index (χ2n) is 4.43. The van der Waals surface area contributed by atoms with Crippen molar-refractivity contribution in [1.82, 2.24) is 0 Å². The van der Waals surface area contributed by atoms with Crippen molar-refractivity contribution in [3.05, 3.63) is 33.8 Å². The van der Waals surface area contributed by atoms with Crippen molar-refractivity contribution >= 4 is 15.9 Å². The van der Waals surface area contributed by atoms with Crippen LogP contribution in [0.15, 0.2) is 22.7 Å². The van der Waals surface area contributed by atoms with Gasteiger partial charge in [0.2, 0.25) is 0 Å². The van der Waals surface area contributed by atoms with E-state index in [1.807, 2.05) is 20.8 Å². The summed E-state index contributed by atoms with van der Waals surface area (Å²) in [6, 6.07) is 4.35. The molecule has 90 valence electrons. The monoisotopic (exact) mass is 294 g/mol. The van der Waals surface area contributed by atoms with E-state index < -0.39 is 17.2 Å². The molecule has 0 fully saturated rings. The molecule has 0 saturated carbocycles. The van der Waals surface area contributed by atoms with Gasteiger partial charge in [0.05, 0.1) is 5.56 Å². The number of benzene rings is 1. The van der Waals surface area contributed by atoms with Gasteiger partial charge in [0, 0.05) is 4.47 Å². The molecule has 0 aliphatic heterocycles. The minimum atomic E-state index is -4.30. The predicted octanol–water partition coefficient (Wildman–Crippen LogP) is 5.16. The maximum absolute atomic E-state index is 12.9. The van der Waals surface area contributed by atoms with E-state index in [0.717, 1.165) is 6.07 Å². The molecule has 0 N–H and O–H groups in total. The van der Waals surface area contributed by atoms with E-state index in [4.69, 9.17) is 0 Å². The van der Waals surface area contributed by atoms with Gasteiger partial charge in [0.15, 0.2) is 0 Å². The van der Waals surface area contributed by atoms with Crippen LogP contribution in [0.5, 0.6) is 0 Å². The zero-order chi connectivity index (χ0) is 12.6. The second kappa shape index (κ2) is 4.40. The van der Waals surface area contributed by atoms with Crippen molar-refractivity contribution in [3.63, 3.8) is 0 Å². The fourth-order valence-electron chi connectivity index (χ4n) is 1.53. The van der Waals surface area contributed by atoms with Crippen molar-refractivity contribution in [2.24, 2.45) is 0 Å². The van der Waals surface area contributed by atoms with E-state index in [-0.39, 0.29) is 0 Å². The van der Waals surface area contributed by atoms with Gasteiger partial charge in [-0.15, -0.1) is 0 Å². The molecule has 0 aliphatic rings. The molecule has 0 atom stereocenters. The van der Waals surface area contributed by atoms with Crippen molar-refractivity contribution in [1.29, 1.82) is 0 Å². The van der Waals surface area contributed by atoms with Crippen LogP contribution in [-0.4, -0.2) is 0 Å². The predicted molar refractivity (Wildman–Crippen MR) is 62.5 cm³/mol. The third kappa shape index (κ3) is 2.78. The van der Waals surface area contributed by atoms with Gasteiger partial charge in [-0.25, -0.2) is 0 Å². The summed E-state index contributed by atoms with van der Waals surface area (Å²) in [5.41, 5.74) is -0.662. The van der Waals surface area contributed by atoms with E-state index in [1.54, 1.807) is 12.1 Å². The van der Waals surface area contributed by atoms with Crippen LogP contribution in [0.25, 0.3) is 0 Å². The van der Waals surface area contributed by atoms with Crippen LogP contribution in [0.3, 0.4) is 0 Å². The van der Waals surface area contributed by atoms with Crippen LogP contribution < -0.4 is 0 Å². The summed E-state index contributed by atoms with van der Waals surface area (Å²) in [5.74, 6) is 0. The molecule has 0 unspecified atom stereocenters. The first-order chi connectivity index (χ1) is 7.18. The summed E-state index contributed by atoms with van der Waals surface area (Å²) in [6.07, 6.45) is -3.64. The molecular formula is C12H14BrF3. The third-order valence-electron chi connectivity index (χ3n) is 2.90. The van der Waals surface area contributed by atoms with Gasteiger partial charge >= 0.3 is 6.18 Å². The molecule has 1 aromatic carbocycles. The van der Waals surface area contributed by atoms with E-state index in [2.05, 4.69) is 15.9 Å². The Bertz CT molecular complexity index is 380. The van der Waals surface area contributed by atoms with Gasteiger partial charge in [0.25, 0.3) is 0 Å². The average molecular weight is 295 g/mol. The van der Waals surface area contributed by atoms with Gasteiger partial charge in [-0.2, -0.15) is 13.2 Å². The fourth-order valence-corrected chi connectivity index (χ4v) is 1.89. The summed E-state index contributed by atoms with van der Waals surface area (Å²) >= 11 is 3.08. The largest absolute Gasteiger partial charge is 0.416 e. The Kier molecular flexibility index (Phi) is 3.72. The SMILES string of the molecule is CCC(C)(C)c1ccc(Br)cc1C(F)(F)F. The third-order valence-corrected chi connectivity index (χ3v) is 3.39. The van der Waals surface area contributed by atoms with Crippen molar-refractivity contribution in [3.8, 4) is 0 Å². The summed E-state index contributed by atoms with van der Waals surface area (Å²) in [6.45, 7) is 5.54. The second-order valence-corrected chi connectivity index (χ2v) is 5.34. The molecule has 0 heterocycles. The lowest BCUT2D eigenvalue weighted by Gasteiger charge is -2.27. The van der Waals surface area contributed by atoms with Gasteiger partial charge in [0.1, 0.15) is 0 Å². The highest BCUT2D eigenvalue weighted by Gasteiger charge is 2.37. The number of hydrogen-bond acceptors (Lipinski definition) is 0. The first-order valence-electron chi connectivity index (χ1n) is 5.05. The summed E-state index contributed by atoms with van der Waals surface area (Å²) in [4.78, 5) is 0. The Morgan fingerprint density at radius 2 is 1.69 bits per heavy atom. The van der Waals surface area contributed by atoms with Gasteiger partial charge in [-0.1, -0.05) is 42.8 Å². The lowest BCUT2D eigenvalue weighted by Crippen LogP contribution is -2.21. The minimum absolute atomic E-state index is 0.353. The molecule has 0 aromatic heterocycles. The maximum atomic E-state index is 12.9. The summed E-state index contributed by atoms with van der Waals surface area (Å²) in [7, 11) is 0. The highest BCUT2D eigenvalue weighted by molar-refractivity contribution is 9.10. The maximum Gasteiger partial charge on any atom is 0.416 e. The van der Waals surface area contributed by atoms with Gasteiger partial charge < -0.3 is 0 Å². The minimum Gasteiger partial charge on any atom is -0.166 e. The Balaban J connectivity index is 3.40. The number of halogens is 4. The fraction of sp³-hybridized carbons (Fsp3) is 0.500. The zero-order valence-electron chi connectivity index (χ0n) is 9.45. The van der Waals surface area contributed by atoms with Crippen molar-refractivity contribution in [2.75, 3.05) is 0 Å². The molecule has 0 radical (unpaired) electrons. The van der Waals surface area contributed by atoms with Gasteiger partial charge in [-0.3, -0.25) is 0 Å². The Morgan fingerprint density at radius 3 is 2.12 bits per heavy atom. The normalized spacial score (nSPS) is 12.9. The topological polar surface area (TPSA) is 0 Å². The summed E-state index contributed by atoms with van der Waals surface area (Å²) < 4.78 is 39.1. The van der Waals surface area contributed by atoms with E-state index >= 15 is 0 Å². The average Bonchev–Trinajstić information content (AvgIpc) is 2.16. The van der Waals surface area contributed by atoms with Crippen LogP contribution in [0.1, 0.15) is 38.3 Å². The lowest BCUT2D eigenvalue weighted by atomic mass is 9.79. The van der Waals surface area contributed by atoms with Crippen LogP contribution >= 0.6 is 15.9 Å². The molecule has 0 nitrogen and oxygen atoms in total. The Hall–Kier alpha value is -0.510. The molecule has 0 saturated heterocycles. The standard InChI is InChI=1S/C12H14BrF3/c1-4-11(2,3)9-6-5-8(13)7-10(9)12(14,15)16/h5-7H,4H2,1-3H3. The molecule has 0 bridgehead atoms. The van der Waals surface area contributed by atoms with Gasteiger partial charge in [-0.05, 0) is 29.5 Å². The first kappa shape index (κ1) is 13.6. The first-order valence-corrected chi connectivity index (χ1v) is 5.85. The number of alkyl halides is 3. The highest BCUT2D eigenvalue weighted by atomic mass is 79.9. The molecule has 16 heavy (non-hydrogen) atoms. The molecule has 0 spiro atoms.